The summed E-state index contributed by atoms with van der Waals surface area (Å²) in [6.07, 6.45) is 3.24. The Morgan fingerprint density at radius 3 is 2.44 bits per heavy atom. The van der Waals surface area contributed by atoms with Crippen molar-refractivity contribution in [3.05, 3.63) is 58.6 Å². The Bertz CT molecular complexity index is 738. The lowest BCUT2D eigenvalue weighted by molar-refractivity contribution is -0.111. The van der Waals surface area contributed by atoms with Crippen LogP contribution in [0.25, 0.3) is 6.08 Å². The molecule has 5 heteroatoms. The summed E-state index contributed by atoms with van der Waals surface area (Å²) in [5.74, 6) is 0.536. The number of rotatable bonds is 7. The number of hydrogen-bond donors (Lipinski definition) is 1. The van der Waals surface area contributed by atoms with E-state index in [0.717, 1.165) is 40.2 Å². The summed E-state index contributed by atoms with van der Waals surface area (Å²) in [6, 6.07) is 13.5. The summed E-state index contributed by atoms with van der Waals surface area (Å²) >= 11 is 3.42. The Kier molecular flexibility index (Phi) is 7.07. The van der Waals surface area contributed by atoms with Crippen LogP contribution in [0.15, 0.2) is 53.0 Å². The van der Waals surface area contributed by atoms with Gasteiger partial charge in [0.2, 0.25) is 5.91 Å². The molecule has 0 heterocycles. The number of nitrogens with one attached hydrogen (secondary N) is 1. The number of carbonyl (C=O) groups excluding carboxylic acids is 1. The monoisotopic (exact) mass is 402 g/mol. The van der Waals surface area contributed by atoms with Gasteiger partial charge < -0.3 is 15.0 Å². The molecule has 0 unspecified atom stereocenters. The number of methoxy groups -OCH3 is 1. The Morgan fingerprint density at radius 2 is 1.84 bits per heavy atom. The highest BCUT2D eigenvalue weighted by Gasteiger charge is 2.04. The number of anilines is 2. The van der Waals surface area contributed by atoms with Gasteiger partial charge in [-0.15, -0.1) is 0 Å². The molecule has 2 aromatic rings. The minimum atomic E-state index is -0.183. The average molecular weight is 403 g/mol. The van der Waals surface area contributed by atoms with E-state index in [4.69, 9.17) is 4.74 Å². The van der Waals surface area contributed by atoms with Crippen LogP contribution >= 0.6 is 15.9 Å². The molecule has 0 radical (unpaired) electrons. The second-order valence-corrected chi connectivity index (χ2v) is 6.34. The van der Waals surface area contributed by atoms with E-state index in [1.807, 2.05) is 42.5 Å². The molecule has 2 rings (SSSR count). The molecule has 0 spiro atoms. The molecule has 25 heavy (non-hydrogen) atoms. The SMILES string of the molecule is CCN(CC)c1ccc(NC(=O)C=Cc2cc(Br)ccc2OC)cc1. The van der Waals surface area contributed by atoms with Crippen molar-refractivity contribution in [2.45, 2.75) is 13.8 Å². The smallest absolute Gasteiger partial charge is 0.248 e. The summed E-state index contributed by atoms with van der Waals surface area (Å²) in [5, 5.41) is 2.87. The molecule has 0 saturated heterocycles. The number of carbonyl (C=O) groups is 1. The Hall–Kier alpha value is -2.27. The largest absolute Gasteiger partial charge is 0.496 e. The van der Waals surface area contributed by atoms with Gasteiger partial charge in [0.05, 0.1) is 7.11 Å². The van der Waals surface area contributed by atoms with Crippen LogP contribution in [0.4, 0.5) is 11.4 Å². The zero-order valence-electron chi connectivity index (χ0n) is 14.8. The minimum absolute atomic E-state index is 0.183. The van der Waals surface area contributed by atoms with E-state index in [1.165, 1.54) is 6.08 Å². The van der Waals surface area contributed by atoms with Crippen LogP contribution in [0, 0.1) is 0 Å². The van der Waals surface area contributed by atoms with Gasteiger partial charge in [-0.3, -0.25) is 4.79 Å². The zero-order chi connectivity index (χ0) is 18.2. The molecule has 0 fully saturated rings. The van der Waals surface area contributed by atoms with Crippen molar-refractivity contribution in [3.63, 3.8) is 0 Å². The van der Waals surface area contributed by atoms with E-state index < -0.39 is 0 Å². The van der Waals surface area contributed by atoms with Crippen molar-refractivity contribution < 1.29 is 9.53 Å². The first-order valence-corrected chi connectivity index (χ1v) is 9.04. The van der Waals surface area contributed by atoms with Crippen LogP contribution in [-0.4, -0.2) is 26.1 Å². The molecule has 0 atom stereocenters. The fourth-order valence-electron chi connectivity index (χ4n) is 2.53. The highest BCUT2D eigenvalue weighted by molar-refractivity contribution is 9.10. The fourth-order valence-corrected chi connectivity index (χ4v) is 2.91. The first-order valence-electron chi connectivity index (χ1n) is 8.25. The third kappa shape index (κ3) is 5.36. The maximum absolute atomic E-state index is 12.1. The van der Waals surface area contributed by atoms with Gasteiger partial charge in [0, 0.05) is 40.6 Å². The predicted octanol–water partition coefficient (Wildman–Crippen LogP) is 4.96. The van der Waals surface area contributed by atoms with Gasteiger partial charge in [0.15, 0.2) is 0 Å². The van der Waals surface area contributed by atoms with Crippen LogP contribution < -0.4 is 15.0 Å². The molecule has 2 aromatic carbocycles. The molecule has 0 saturated carbocycles. The summed E-state index contributed by atoms with van der Waals surface area (Å²) in [4.78, 5) is 14.4. The van der Waals surface area contributed by atoms with Crippen LogP contribution in [-0.2, 0) is 4.79 Å². The summed E-state index contributed by atoms with van der Waals surface area (Å²) in [5.41, 5.74) is 2.76. The quantitative estimate of drug-likeness (QED) is 0.665. The van der Waals surface area contributed by atoms with E-state index in [0.29, 0.717) is 0 Å². The standard InChI is InChI=1S/C20H23BrN2O2/c1-4-23(5-2)18-10-8-17(9-11-18)22-20(24)13-6-15-14-16(21)7-12-19(15)25-3/h6-14H,4-5H2,1-3H3,(H,22,24). The van der Waals surface area contributed by atoms with E-state index in [-0.39, 0.29) is 5.91 Å². The average Bonchev–Trinajstić information content (AvgIpc) is 2.62. The molecule has 1 N–H and O–H groups in total. The normalized spacial score (nSPS) is 10.7. The third-order valence-corrected chi connectivity index (χ3v) is 4.36. The highest BCUT2D eigenvalue weighted by Crippen LogP contribution is 2.24. The number of benzene rings is 2. The second-order valence-electron chi connectivity index (χ2n) is 5.43. The van der Waals surface area contributed by atoms with Crippen LogP contribution in [0.5, 0.6) is 5.75 Å². The lowest BCUT2D eigenvalue weighted by Crippen LogP contribution is -2.21. The first-order chi connectivity index (χ1) is 12.1. The van der Waals surface area contributed by atoms with Gasteiger partial charge in [-0.1, -0.05) is 15.9 Å². The Labute approximate surface area is 157 Å². The molecule has 0 aliphatic rings. The van der Waals surface area contributed by atoms with Gasteiger partial charge in [0.25, 0.3) is 0 Å². The second kappa shape index (κ2) is 9.28. The topological polar surface area (TPSA) is 41.6 Å². The lowest BCUT2D eigenvalue weighted by atomic mass is 10.2. The maximum atomic E-state index is 12.1. The van der Waals surface area contributed by atoms with Crippen molar-refractivity contribution in [2.24, 2.45) is 0 Å². The number of amides is 1. The van der Waals surface area contributed by atoms with Crippen LogP contribution in [0.3, 0.4) is 0 Å². The van der Waals surface area contributed by atoms with Crippen molar-refractivity contribution in [2.75, 3.05) is 30.4 Å². The predicted molar refractivity (Wildman–Crippen MR) is 108 cm³/mol. The molecule has 4 nitrogen and oxygen atoms in total. The molecule has 0 aliphatic heterocycles. The zero-order valence-corrected chi connectivity index (χ0v) is 16.3. The molecule has 132 valence electrons. The van der Waals surface area contributed by atoms with E-state index in [9.17, 15) is 4.79 Å². The molecule has 0 aromatic heterocycles. The molecule has 0 aliphatic carbocycles. The summed E-state index contributed by atoms with van der Waals surface area (Å²) in [7, 11) is 1.61. The van der Waals surface area contributed by atoms with Gasteiger partial charge >= 0.3 is 0 Å². The molecule has 1 amide bonds. The molecular formula is C20H23BrN2O2. The first kappa shape index (κ1) is 19.1. The number of hydrogen-bond acceptors (Lipinski definition) is 3. The number of nitrogens with zero attached hydrogens (tertiary/aromatic N) is 1. The van der Waals surface area contributed by atoms with Crippen LogP contribution in [0.1, 0.15) is 19.4 Å². The lowest BCUT2D eigenvalue weighted by Gasteiger charge is -2.21. The molecular weight excluding hydrogens is 380 g/mol. The Morgan fingerprint density at radius 1 is 1.16 bits per heavy atom. The van der Waals surface area contributed by atoms with Gasteiger partial charge in [-0.25, -0.2) is 0 Å². The highest BCUT2D eigenvalue weighted by atomic mass is 79.9. The van der Waals surface area contributed by atoms with Crippen molar-refractivity contribution in [3.8, 4) is 5.75 Å². The third-order valence-electron chi connectivity index (χ3n) is 3.87. The van der Waals surface area contributed by atoms with Crippen molar-refractivity contribution in [1.82, 2.24) is 0 Å². The molecule has 0 bridgehead atoms. The summed E-state index contributed by atoms with van der Waals surface area (Å²) in [6.45, 7) is 6.17. The van der Waals surface area contributed by atoms with Crippen molar-refractivity contribution >= 4 is 39.3 Å². The van der Waals surface area contributed by atoms with Crippen LogP contribution in [0.2, 0.25) is 0 Å². The van der Waals surface area contributed by atoms with Crippen molar-refractivity contribution in [1.29, 1.82) is 0 Å². The van der Waals surface area contributed by atoms with E-state index in [1.54, 1.807) is 13.2 Å². The van der Waals surface area contributed by atoms with E-state index in [2.05, 4.69) is 40.0 Å². The summed E-state index contributed by atoms with van der Waals surface area (Å²) < 4.78 is 6.23. The van der Waals surface area contributed by atoms with E-state index >= 15 is 0 Å². The maximum Gasteiger partial charge on any atom is 0.248 e. The Balaban J connectivity index is 2.04. The van der Waals surface area contributed by atoms with Gasteiger partial charge in [-0.05, 0) is 62.4 Å². The fraction of sp³-hybridized carbons (Fsp3) is 0.250. The number of ether oxygens (including phenoxy) is 1. The van der Waals surface area contributed by atoms with Gasteiger partial charge in [-0.2, -0.15) is 0 Å². The van der Waals surface area contributed by atoms with Gasteiger partial charge in [0.1, 0.15) is 5.75 Å². The minimum Gasteiger partial charge on any atom is -0.496 e. The number of halogens is 1.